The van der Waals surface area contributed by atoms with Gasteiger partial charge in [-0.1, -0.05) is 13.3 Å². The van der Waals surface area contributed by atoms with E-state index >= 15 is 0 Å². The molecule has 96 valence electrons. The molecule has 1 aromatic heterocycles. The monoisotopic (exact) mass is 240 g/mol. The van der Waals surface area contributed by atoms with E-state index in [2.05, 4.69) is 10.5 Å². The number of amides is 1. The molecule has 1 atom stereocenters. The second kappa shape index (κ2) is 6.24. The highest BCUT2D eigenvalue weighted by molar-refractivity contribution is 5.80. The molecule has 0 bridgehead atoms. The molecule has 1 aromatic rings. The molecule has 0 saturated heterocycles. The maximum Gasteiger partial charge on any atom is 0.274 e. The van der Waals surface area contributed by atoms with Crippen LogP contribution in [-0.4, -0.2) is 21.8 Å². The van der Waals surface area contributed by atoms with Crippen LogP contribution in [0.25, 0.3) is 0 Å². The maximum absolute atomic E-state index is 11.5. The van der Waals surface area contributed by atoms with Crippen LogP contribution in [0, 0.1) is 0 Å². The second-order valence-corrected chi connectivity index (χ2v) is 4.15. The van der Waals surface area contributed by atoms with Gasteiger partial charge in [0.05, 0.1) is 12.4 Å². The molecule has 0 saturated carbocycles. The first kappa shape index (κ1) is 13.5. The minimum Gasteiger partial charge on any atom is -0.477 e. The van der Waals surface area contributed by atoms with Crippen LogP contribution >= 0.6 is 0 Å². The van der Waals surface area contributed by atoms with Gasteiger partial charge >= 0.3 is 0 Å². The van der Waals surface area contributed by atoms with Crippen molar-refractivity contribution in [1.29, 1.82) is 0 Å². The molecule has 1 heterocycles. The van der Waals surface area contributed by atoms with Crippen LogP contribution in [0.3, 0.4) is 0 Å². The van der Waals surface area contributed by atoms with Crippen LogP contribution in [-0.2, 0) is 4.79 Å². The number of nitrogens with one attached hydrogen (secondary N) is 1. The number of aromatic nitrogens is 2. The first-order chi connectivity index (χ1) is 8.08. The summed E-state index contributed by atoms with van der Waals surface area (Å²) < 4.78 is 7.34. The van der Waals surface area contributed by atoms with Crippen LogP contribution < -0.4 is 16.0 Å². The molecule has 3 N–H and O–H groups in total. The van der Waals surface area contributed by atoms with Gasteiger partial charge in [-0.3, -0.25) is 14.9 Å². The molecule has 0 aliphatic rings. The summed E-state index contributed by atoms with van der Waals surface area (Å²) in [6, 6.07) is 0.264. The zero-order valence-corrected chi connectivity index (χ0v) is 10.5. The molecular formula is C11H20N4O2. The fourth-order valence-corrected chi connectivity index (χ4v) is 1.43. The van der Waals surface area contributed by atoms with Crippen molar-refractivity contribution < 1.29 is 9.53 Å². The summed E-state index contributed by atoms with van der Waals surface area (Å²) >= 11 is 0. The summed E-state index contributed by atoms with van der Waals surface area (Å²) in [5.74, 6) is 5.38. The molecule has 0 aliphatic heterocycles. The minimum atomic E-state index is -0.560. The van der Waals surface area contributed by atoms with Crippen LogP contribution in [0.1, 0.15) is 39.7 Å². The lowest BCUT2D eigenvalue weighted by Crippen LogP contribution is -2.42. The van der Waals surface area contributed by atoms with Crippen molar-refractivity contribution in [3.63, 3.8) is 0 Å². The van der Waals surface area contributed by atoms with Gasteiger partial charge in [0.1, 0.15) is 0 Å². The fourth-order valence-electron chi connectivity index (χ4n) is 1.43. The average molecular weight is 240 g/mol. The number of carbonyl (C=O) groups excluding carboxylic acids is 1. The molecule has 0 aromatic carbocycles. The number of rotatable bonds is 6. The SMILES string of the molecule is CCCC(Oc1cnn(C(C)C)c1)C(=O)NN. The predicted octanol–water partition coefficient (Wildman–Crippen LogP) is 1.00. The van der Waals surface area contributed by atoms with E-state index in [1.54, 1.807) is 17.1 Å². The summed E-state index contributed by atoms with van der Waals surface area (Å²) in [6.45, 7) is 6.03. The number of nitrogens with zero attached hydrogens (tertiary/aromatic N) is 2. The molecule has 1 unspecified atom stereocenters. The lowest BCUT2D eigenvalue weighted by atomic mass is 10.2. The zero-order valence-electron chi connectivity index (χ0n) is 10.5. The summed E-state index contributed by atoms with van der Waals surface area (Å²) in [6.07, 6.45) is 4.28. The number of carbonyl (C=O) groups is 1. The Morgan fingerprint density at radius 2 is 2.35 bits per heavy atom. The lowest BCUT2D eigenvalue weighted by Gasteiger charge is -2.15. The largest absolute Gasteiger partial charge is 0.477 e. The Hall–Kier alpha value is -1.56. The number of hydrazine groups is 1. The van der Waals surface area contributed by atoms with Crippen molar-refractivity contribution in [1.82, 2.24) is 15.2 Å². The summed E-state index contributed by atoms with van der Waals surface area (Å²) in [7, 11) is 0. The van der Waals surface area contributed by atoms with Crippen LogP contribution in [0.4, 0.5) is 0 Å². The summed E-state index contributed by atoms with van der Waals surface area (Å²) in [5, 5.41) is 4.14. The van der Waals surface area contributed by atoms with Gasteiger partial charge in [-0.2, -0.15) is 5.10 Å². The molecule has 6 heteroatoms. The Balaban J connectivity index is 2.68. The van der Waals surface area contributed by atoms with Gasteiger partial charge in [-0.25, -0.2) is 5.84 Å². The smallest absolute Gasteiger partial charge is 0.274 e. The van der Waals surface area contributed by atoms with Gasteiger partial charge in [0, 0.05) is 6.04 Å². The van der Waals surface area contributed by atoms with E-state index in [4.69, 9.17) is 10.6 Å². The Morgan fingerprint density at radius 3 is 2.82 bits per heavy atom. The third-order valence-electron chi connectivity index (χ3n) is 2.37. The van der Waals surface area contributed by atoms with Crippen molar-refractivity contribution in [2.75, 3.05) is 0 Å². The number of hydrogen-bond acceptors (Lipinski definition) is 4. The zero-order chi connectivity index (χ0) is 12.8. The van der Waals surface area contributed by atoms with E-state index < -0.39 is 6.10 Å². The van der Waals surface area contributed by atoms with Crippen molar-refractivity contribution in [2.45, 2.75) is 45.8 Å². The van der Waals surface area contributed by atoms with Crippen molar-refractivity contribution >= 4 is 5.91 Å². The van der Waals surface area contributed by atoms with Crippen LogP contribution in [0.2, 0.25) is 0 Å². The third-order valence-corrected chi connectivity index (χ3v) is 2.37. The van der Waals surface area contributed by atoms with E-state index in [0.29, 0.717) is 12.2 Å². The molecular weight excluding hydrogens is 220 g/mol. The highest BCUT2D eigenvalue weighted by Gasteiger charge is 2.19. The van der Waals surface area contributed by atoms with E-state index in [-0.39, 0.29) is 11.9 Å². The van der Waals surface area contributed by atoms with E-state index in [1.807, 2.05) is 20.8 Å². The number of ether oxygens (including phenoxy) is 1. The molecule has 6 nitrogen and oxygen atoms in total. The van der Waals surface area contributed by atoms with E-state index in [1.165, 1.54) is 0 Å². The normalized spacial score (nSPS) is 12.5. The first-order valence-corrected chi connectivity index (χ1v) is 5.79. The first-order valence-electron chi connectivity index (χ1n) is 5.79. The van der Waals surface area contributed by atoms with Crippen molar-refractivity contribution in [3.05, 3.63) is 12.4 Å². The molecule has 1 rings (SSSR count). The second-order valence-electron chi connectivity index (χ2n) is 4.15. The van der Waals surface area contributed by atoms with Gasteiger partial charge in [-0.05, 0) is 20.3 Å². The molecule has 0 spiro atoms. The maximum atomic E-state index is 11.5. The lowest BCUT2D eigenvalue weighted by molar-refractivity contribution is -0.128. The van der Waals surface area contributed by atoms with Crippen LogP contribution in [0.15, 0.2) is 12.4 Å². The van der Waals surface area contributed by atoms with Crippen molar-refractivity contribution in [2.24, 2.45) is 5.84 Å². The number of nitrogens with two attached hydrogens (primary N) is 1. The molecule has 0 radical (unpaired) electrons. The Kier molecular flexibility index (Phi) is 4.96. The van der Waals surface area contributed by atoms with Gasteiger partial charge in [0.2, 0.25) is 0 Å². The molecule has 0 fully saturated rings. The summed E-state index contributed by atoms with van der Waals surface area (Å²) in [4.78, 5) is 11.5. The molecule has 1 amide bonds. The standard InChI is InChI=1S/C11H20N4O2/c1-4-5-10(11(16)14-12)17-9-6-13-15(7-9)8(2)3/h6-8,10H,4-5,12H2,1-3H3,(H,14,16). The molecule has 17 heavy (non-hydrogen) atoms. The topological polar surface area (TPSA) is 82.2 Å². The Labute approximate surface area is 101 Å². The summed E-state index contributed by atoms with van der Waals surface area (Å²) in [5.41, 5.74) is 2.11. The van der Waals surface area contributed by atoms with Gasteiger partial charge < -0.3 is 4.74 Å². The third kappa shape index (κ3) is 3.74. The molecule has 0 aliphatic carbocycles. The van der Waals surface area contributed by atoms with Gasteiger partial charge in [0.15, 0.2) is 11.9 Å². The minimum absolute atomic E-state index is 0.264. The average Bonchev–Trinajstić information content (AvgIpc) is 2.76. The predicted molar refractivity (Wildman–Crippen MR) is 64.3 cm³/mol. The van der Waals surface area contributed by atoms with Gasteiger partial charge in [0.25, 0.3) is 5.91 Å². The number of hydrogen-bond donors (Lipinski definition) is 2. The van der Waals surface area contributed by atoms with Crippen LogP contribution in [0.5, 0.6) is 5.75 Å². The van der Waals surface area contributed by atoms with E-state index in [0.717, 1.165) is 6.42 Å². The van der Waals surface area contributed by atoms with Crippen molar-refractivity contribution in [3.8, 4) is 5.75 Å². The van der Waals surface area contributed by atoms with Gasteiger partial charge in [-0.15, -0.1) is 0 Å². The van der Waals surface area contributed by atoms with E-state index in [9.17, 15) is 4.79 Å². The Morgan fingerprint density at radius 1 is 1.65 bits per heavy atom. The highest BCUT2D eigenvalue weighted by atomic mass is 16.5. The quantitative estimate of drug-likeness (QED) is 0.441. The Bertz CT molecular complexity index is 362. The fraction of sp³-hybridized carbons (Fsp3) is 0.636. The highest BCUT2D eigenvalue weighted by Crippen LogP contribution is 2.15.